The van der Waals surface area contributed by atoms with Crippen LogP contribution < -0.4 is 0 Å². The van der Waals surface area contributed by atoms with Gasteiger partial charge >= 0.3 is 5.97 Å². The quantitative estimate of drug-likeness (QED) is 0.723. The number of hydrogen-bond donors (Lipinski definition) is 1. The average Bonchev–Trinajstić information content (AvgIpc) is 2.99. The van der Waals surface area contributed by atoms with Gasteiger partial charge in [0.2, 0.25) is 0 Å². The minimum atomic E-state index is -1.06. The molecule has 1 aromatic carbocycles. The van der Waals surface area contributed by atoms with Crippen LogP contribution in [-0.2, 0) is 5.41 Å². The average molecular weight is 351 g/mol. The lowest BCUT2D eigenvalue weighted by molar-refractivity contribution is 0.0697. The van der Waals surface area contributed by atoms with Crippen LogP contribution in [0, 0.1) is 6.92 Å². The van der Waals surface area contributed by atoms with Gasteiger partial charge in [0, 0.05) is 17.0 Å². The first-order valence-corrected chi connectivity index (χ1v) is 8.35. The maximum absolute atomic E-state index is 12.4. The number of hydrogen-bond acceptors (Lipinski definition) is 4. The van der Waals surface area contributed by atoms with Crippen molar-refractivity contribution in [2.45, 2.75) is 40.0 Å². The van der Waals surface area contributed by atoms with Gasteiger partial charge in [-0.25, -0.2) is 14.3 Å². The Morgan fingerprint density at radius 1 is 1.15 bits per heavy atom. The van der Waals surface area contributed by atoms with Crippen LogP contribution in [0.15, 0.2) is 30.3 Å². The zero-order valence-electron chi connectivity index (χ0n) is 15.5. The number of aryl methyl sites for hydroxylation is 1. The second-order valence-corrected chi connectivity index (χ2v) is 7.38. The highest BCUT2D eigenvalue weighted by molar-refractivity contribution is 6.04. The summed E-state index contributed by atoms with van der Waals surface area (Å²) in [6, 6.07) is 8.46. The van der Waals surface area contributed by atoms with Gasteiger partial charge in [-0.15, -0.1) is 0 Å². The van der Waals surface area contributed by atoms with E-state index in [0.717, 1.165) is 5.69 Å². The number of carbonyl (C=O) groups excluding carboxylic acids is 1. The molecule has 0 aliphatic carbocycles. The van der Waals surface area contributed by atoms with E-state index in [1.165, 1.54) is 13.0 Å². The topological polar surface area (TPSA) is 84.6 Å². The lowest BCUT2D eigenvalue weighted by Crippen LogP contribution is -2.13. The summed E-state index contributed by atoms with van der Waals surface area (Å²) < 4.78 is 1.66. The standard InChI is InChI=1S/C20H21N3O3/c1-11-17(12(2)24)18(13-8-6-7-9-14(13)19(25)26)21-16-10-15(20(3,4)5)22-23(11)16/h6-10H,1-5H3,(H,25,26). The second-order valence-electron chi connectivity index (χ2n) is 7.38. The van der Waals surface area contributed by atoms with Gasteiger partial charge in [0.1, 0.15) is 0 Å². The predicted molar refractivity (Wildman–Crippen MR) is 98.8 cm³/mol. The second kappa shape index (κ2) is 6.05. The van der Waals surface area contributed by atoms with Crippen LogP contribution in [0.25, 0.3) is 16.9 Å². The highest BCUT2D eigenvalue weighted by atomic mass is 16.4. The molecule has 6 nitrogen and oxygen atoms in total. The van der Waals surface area contributed by atoms with Crippen molar-refractivity contribution in [2.75, 3.05) is 0 Å². The molecule has 0 saturated heterocycles. The number of carboxylic acid groups (broad SMARTS) is 1. The van der Waals surface area contributed by atoms with Gasteiger partial charge in [-0.2, -0.15) is 5.10 Å². The van der Waals surface area contributed by atoms with Crippen LogP contribution in [0.1, 0.15) is 59.8 Å². The fourth-order valence-electron chi connectivity index (χ4n) is 3.00. The lowest BCUT2D eigenvalue weighted by atomic mass is 9.92. The van der Waals surface area contributed by atoms with Crippen LogP contribution in [0.5, 0.6) is 0 Å². The third kappa shape index (κ3) is 2.87. The third-order valence-corrected chi connectivity index (χ3v) is 4.37. The summed E-state index contributed by atoms with van der Waals surface area (Å²) in [6.45, 7) is 9.42. The molecule has 2 aromatic heterocycles. The number of aromatic nitrogens is 3. The van der Waals surface area contributed by atoms with Crippen molar-refractivity contribution < 1.29 is 14.7 Å². The molecule has 3 rings (SSSR count). The van der Waals surface area contributed by atoms with Crippen LogP contribution in [0.2, 0.25) is 0 Å². The summed E-state index contributed by atoms with van der Waals surface area (Å²) in [6.07, 6.45) is 0. The maximum Gasteiger partial charge on any atom is 0.336 e. The molecule has 2 heterocycles. The molecular weight excluding hydrogens is 330 g/mol. The van der Waals surface area contributed by atoms with E-state index >= 15 is 0 Å². The first kappa shape index (κ1) is 17.8. The molecule has 3 aromatic rings. The van der Waals surface area contributed by atoms with Crippen molar-refractivity contribution in [3.63, 3.8) is 0 Å². The van der Waals surface area contributed by atoms with Gasteiger partial charge in [-0.05, 0) is 19.9 Å². The third-order valence-electron chi connectivity index (χ3n) is 4.37. The van der Waals surface area contributed by atoms with Crippen LogP contribution in [0.3, 0.4) is 0 Å². The number of rotatable bonds is 3. The summed E-state index contributed by atoms with van der Waals surface area (Å²) in [5.74, 6) is -1.24. The SMILES string of the molecule is CC(=O)c1c(-c2ccccc2C(=O)O)nc2cc(C(C)(C)C)nn2c1C. The molecule has 0 amide bonds. The molecular formula is C20H21N3O3. The molecule has 1 N–H and O–H groups in total. The zero-order valence-corrected chi connectivity index (χ0v) is 15.5. The van der Waals surface area contributed by atoms with Crippen LogP contribution >= 0.6 is 0 Å². The summed E-state index contributed by atoms with van der Waals surface area (Å²) in [5.41, 5.74) is 3.22. The summed E-state index contributed by atoms with van der Waals surface area (Å²) in [4.78, 5) is 28.6. The van der Waals surface area contributed by atoms with E-state index in [-0.39, 0.29) is 16.8 Å². The first-order chi connectivity index (χ1) is 12.1. The molecule has 0 aliphatic rings. The molecule has 26 heavy (non-hydrogen) atoms. The number of Topliss-reactive ketones (excluding diaryl/α,β-unsaturated/α-hetero) is 1. The van der Waals surface area contributed by atoms with Crippen molar-refractivity contribution in [1.29, 1.82) is 0 Å². The Kier molecular flexibility index (Phi) is 4.14. The Morgan fingerprint density at radius 3 is 2.38 bits per heavy atom. The Bertz CT molecular complexity index is 1040. The normalized spacial score (nSPS) is 11.7. The number of fused-ring (bicyclic) bond motifs is 1. The Hall–Kier alpha value is -3.02. The van der Waals surface area contributed by atoms with Crippen molar-refractivity contribution in [1.82, 2.24) is 14.6 Å². The zero-order chi connectivity index (χ0) is 19.2. The molecule has 0 saturated carbocycles. The minimum absolute atomic E-state index is 0.113. The smallest absolute Gasteiger partial charge is 0.336 e. The van der Waals surface area contributed by atoms with Crippen molar-refractivity contribution in [2.24, 2.45) is 0 Å². The molecule has 0 unspecified atom stereocenters. The van der Waals surface area contributed by atoms with Crippen LogP contribution in [-0.4, -0.2) is 31.5 Å². The fraction of sp³-hybridized carbons (Fsp3) is 0.300. The van der Waals surface area contributed by atoms with E-state index in [4.69, 9.17) is 0 Å². The summed E-state index contributed by atoms with van der Waals surface area (Å²) >= 11 is 0. The number of ketones is 1. The van der Waals surface area contributed by atoms with Crippen molar-refractivity contribution in [3.05, 3.63) is 52.8 Å². The monoisotopic (exact) mass is 351 g/mol. The number of benzene rings is 1. The van der Waals surface area contributed by atoms with Gasteiger partial charge in [0.15, 0.2) is 11.4 Å². The van der Waals surface area contributed by atoms with Crippen LogP contribution in [0.4, 0.5) is 0 Å². The number of nitrogens with zero attached hydrogens (tertiary/aromatic N) is 3. The number of carbonyl (C=O) groups is 2. The lowest BCUT2D eigenvalue weighted by Gasteiger charge is -2.14. The Morgan fingerprint density at radius 2 is 1.81 bits per heavy atom. The van der Waals surface area contributed by atoms with E-state index in [0.29, 0.717) is 28.2 Å². The maximum atomic E-state index is 12.4. The highest BCUT2D eigenvalue weighted by Gasteiger charge is 2.24. The van der Waals surface area contributed by atoms with Crippen molar-refractivity contribution in [3.8, 4) is 11.3 Å². The van der Waals surface area contributed by atoms with E-state index in [1.807, 2.05) is 6.07 Å². The van der Waals surface area contributed by atoms with Gasteiger partial charge in [0.25, 0.3) is 0 Å². The molecule has 0 spiro atoms. The Labute approximate surface area is 151 Å². The highest BCUT2D eigenvalue weighted by Crippen LogP contribution is 2.30. The predicted octanol–water partition coefficient (Wildman–Crippen LogP) is 3.90. The van der Waals surface area contributed by atoms with Gasteiger partial charge < -0.3 is 5.11 Å². The van der Waals surface area contributed by atoms with Gasteiger partial charge in [0.05, 0.1) is 28.2 Å². The van der Waals surface area contributed by atoms with E-state index in [9.17, 15) is 14.7 Å². The molecule has 6 heteroatoms. The molecule has 0 atom stereocenters. The fourth-order valence-corrected chi connectivity index (χ4v) is 3.00. The van der Waals surface area contributed by atoms with E-state index in [1.54, 1.807) is 29.6 Å². The number of carboxylic acids is 1. The molecule has 134 valence electrons. The molecule has 0 radical (unpaired) electrons. The number of aromatic carboxylic acids is 1. The summed E-state index contributed by atoms with van der Waals surface area (Å²) in [5, 5.41) is 14.1. The Balaban J connectivity index is 2.41. The molecule has 0 aliphatic heterocycles. The van der Waals surface area contributed by atoms with Gasteiger partial charge in [-0.3, -0.25) is 4.79 Å². The molecule has 0 bridgehead atoms. The minimum Gasteiger partial charge on any atom is -0.478 e. The molecule has 0 fully saturated rings. The van der Waals surface area contributed by atoms with Gasteiger partial charge in [-0.1, -0.05) is 39.0 Å². The first-order valence-electron chi connectivity index (χ1n) is 8.35. The van der Waals surface area contributed by atoms with E-state index < -0.39 is 5.97 Å². The summed E-state index contributed by atoms with van der Waals surface area (Å²) in [7, 11) is 0. The van der Waals surface area contributed by atoms with E-state index in [2.05, 4.69) is 30.9 Å². The largest absolute Gasteiger partial charge is 0.478 e. The van der Waals surface area contributed by atoms with Crippen molar-refractivity contribution >= 4 is 17.4 Å².